The number of carboxylic acid groups (broad SMARTS) is 1. The SMILES string of the molecule is Cc1cc(NC(=O)CCN2CC(C)C(C(=O)O)C2)no1. The van der Waals surface area contributed by atoms with E-state index in [-0.39, 0.29) is 17.7 Å². The number of aliphatic carboxylic acids is 1. The van der Waals surface area contributed by atoms with Crippen molar-refractivity contribution < 1.29 is 19.2 Å². The molecule has 1 aliphatic rings. The second-order valence-corrected chi connectivity index (χ2v) is 5.30. The number of nitrogens with zero attached hydrogens (tertiary/aromatic N) is 2. The lowest BCUT2D eigenvalue weighted by Crippen LogP contribution is -2.27. The van der Waals surface area contributed by atoms with Gasteiger partial charge in [0, 0.05) is 32.1 Å². The summed E-state index contributed by atoms with van der Waals surface area (Å²) in [7, 11) is 0. The number of nitrogens with one attached hydrogen (secondary N) is 1. The van der Waals surface area contributed by atoms with Crippen LogP contribution >= 0.6 is 0 Å². The van der Waals surface area contributed by atoms with Crippen molar-refractivity contribution in [3.8, 4) is 0 Å². The van der Waals surface area contributed by atoms with E-state index in [0.29, 0.717) is 37.6 Å². The molecule has 2 N–H and O–H groups in total. The fourth-order valence-corrected chi connectivity index (χ4v) is 2.46. The highest BCUT2D eigenvalue weighted by atomic mass is 16.5. The maximum atomic E-state index is 11.7. The molecule has 0 aliphatic carbocycles. The normalized spacial score (nSPS) is 22.9. The lowest BCUT2D eigenvalue weighted by Gasteiger charge is -2.14. The summed E-state index contributed by atoms with van der Waals surface area (Å²) in [5.41, 5.74) is 0. The fourth-order valence-electron chi connectivity index (χ4n) is 2.46. The highest BCUT2D eigenvalue weighted by molar-refractivity contribution is 5.89. The first-order chi connectivity index (χ1) is 9.45. The molecule has 1 saturated heterocycles. The predicted octanol–water partition coefficient (Wildman–Crippen LogP) is 0.964. The Bertz CT molecular complexity index is 500. The quantitative estimate of drug-likeness (QED) is 0.834. The van der Waals surface area contributed by atoms with E-state index in [9.17, 15) is 9.59 Å². The molecule has 1 aromatic rings. The molecular weight excluding hydrogens is 262 g/mol. The van der Waals surface area contributed by atoms with Gasteiger partial charge in [0.2, 0.25) is 5.91 Å². The Morgan fingerprint density at radius 2 is 2.30 bits per heavy atom. The van der Waals surface area contributed by atoms with Crippen molar-refractivity contribution in [3.63, 3.8) is 0 Å². The molecule has 0 aromatic carbocycles. The van der Waals surface area contributed by atoms with Gasteiger partial charge in [0.25, 0.3) is 0 Å². The Morgan fingerprint density at radius 1 is 1.55 bits per heavy atom. The third-order valence-corrected chi connectivity index (χ3v) is 3.56. The van der Waals surface area contributed by atoms with Crippen LogP contribution in [0.15, 0.2) is 10.6 Å². The van der Waals surface area contributed by atoms with Gasteiger partial charge in [-0.25, -0.2) is 0 Å². The zero-order chi connectivity index (χ0) is 14.7. The minimum absolute atomic E-state index is 0.119. The molecule has 1 aliphatic heterocycles. The Labute approximate surface area is 116 Å². The van der Waals surface area contributed by atoms with Gasteiger partial charge in [0.1, 0.15) is 5.76 Å². The largest absolute Gasteiger partial charge is 0.481 e. The van der Waals surface area contributed by atoms with Crippen LogP contribution in [0.25, 0.3) is 0 Å². The van der Waals surface area contributed by atoms with E-state index in [1.54, 1.807) is 13.0 Å². The number of carboxylic acids is 1. The number of carbonyl (C=O) groups is 2. The van der Waals surface area contributed by atoms with Crippen molar-refractivity contribution in [2.75, 3.05) is 25.0 Å². The maximum Gasteiger partial charge on any atom is 0.308 e. The summed E-state index contributed by atoms with van der Waals surface area (Å²) in [6.07, 6.45) is 0.310. The van der Waals surface area contributed by atoms with E-state index in [2.05, 4.69) is 10.5 Å². The number of anilines is 1. The lowest BCUT2D eigenvalue weighted by molar-refractivity contribution is -0.142. The standard InChI is InChI=1S/C13H19N3O4/c1-8-6-16(7-10(8)13(18)19)4-3-12(17)14-11-5-9(2)20-15-11/h5,8,10H,3-4,6-7H2,1-2H3,(H,18,19)(H,14,15,17). The minimum Gasteiger partial charge on any atom is -0.481 e. The smallest absolute Gasteiger partial charge is 0.308 e. The summed E-state index contributed by atoms with van der Waals surface area (Å²) in [4.78, 5) is 24.8. The fraction of sp³-hybridized carbons (Fsp3) is 0.615. The van der Waals surface area contributed by atoms with Crippen LogP contribution in [-0.4, -0.2) is 46.7 Å². The molecule has 110 valence electrons. The van der Waals surface area contributed by atoms with Crippen LogP contribution < -0.4 is 5.32 Å². The van der Waals surface area contributed by atoms with Crippen LogP contribution in [0, 0.1) is 18.8 Å². The van der Waals surface area contributed by atoms with Gasteiger partial charge in [0.15, 0.2) is 5.82 Å². The molecule has 0 saturated carbocycles. The maximum absolute atomic E-state index is 11.7. The third kappa shape index (κ3) is 3.57. The number of hydrogen-bond acceptors (Lipinski definition) is 5. The number of hydrogen-bond donors (Lipinski definition) is 2. The summed E-state index contributed by atoms with van der Waals surface area (Å²) in [5, 5.41) is 15.4. The number of amides is 1. The molecule has 0 bridgehead atoms. The summed E-state index contributed by atoms with van der Waals surface area (Å²) in [6, 6.07) is 1.65. The topological polar surface area (TPSA) is 95.7 Å². The van der Waals surface area contributed by atoms with Gasteiger partial charge in [-0.15, -0.1) is 0 Å². The number of carbonyl (C=O) groups excluding carboxylic acids is 1. The number of likely N-dealkylation sites (tertiary alicyclic amines) is 1. The van der Waals surface area contributed by atoms with Crippen molar-refractivity contribution in [2.45, 2.75) is 20.3 Å². The summed E-state index contributed by atoms with van der Waals surface area (Å²) < 4.78 is 4.86. The summed E-state index contributed by atoms with van der Waals surface area (Å²) >= 11 is 0. The molecule has 7 heteroatoms. The monoisotopic (exact) mass is 281 g/mol. The number of aryl methyl sites for hydroxylation is 1. The molecule has 2 rings (SSSR count). The molecule has 7 nitrogen and oxygen atoms in total. The summed E-state index contributed by atoms with van der Waals surface area (Å²) in [5.74, 6) is -0.0825. The Balaban J connectivity index is 1.75. The second kappa shape index (κ2) is 6.04. The van der Waals surface area contributed by atoms with Gasteiger partial charge in [0.05, 0.1) is 5.92 Å². The predicted molar refractivity (Wildman–Crippen MR) is 71.2 cm³/mol. The molecule has 1 aromatic heterocycles. The van der Waals surface area contributed by atoms with Gasteiger partial charge >= 0.3 is 5.97 Å². The number of aromatic nitrogens is 1. The molecule has 2 atom stereocenters. The Kier molecular flexibility index (Phi) is 4.39. The van der Waals surface area contributed by atoms with Crippen LogP contribution in [0.4, 0.5) is 5.82 Å². The molecule has 20 heavy (non-hydrogen) atoms. The highest BCUT2D eigenvalue weighted by Crippen LogP contribution is 2.23. The first-order valence-corrected chi connectivity index (χ1v) is 6.64. The summed E-state index contributed by atoms with van der Waals surface area (Å²) in [6.45, 7) is 5.45. The molecule has 2 heterocycles. The van der Waals surface area contributed by atoms with Gasteiger partial charge in [-0.3, -0.25) is 9.59 Å². The average Bonchev–Trinajstić information content (AvgIpc) is 2.93. The van der Waals surface area contributed by atoms with Crippen LogP contribution in [0.2, 0.25) is 0 Å². The van der Waals surface area contributed by atoms with Crippen molar-refractivity contribution in [1.29, 1.82) is 0 Å². The minimum atomic E-state index is -0.762. The van der Waals surface area contributed by atoms with Crippen molar-refractivity contribution in [1.82, 2.24) is 10.1 Å². The molecule has 1 fully saturated rings. The van der Waals surface area contributed by atoms with E-state index in [1.807, 2.05) is 11.8 Å². The van der Waals surface area contributed by atoms with Gasteiger partial charge in [-0.1, -0.05) is 12.1 Å². The Morgan fingerprint density at radius 3 is 2.85 bits per heavy atom. The van der Waals surface area contributed by atoms with Crippen molar-refractivity contribution in [2.24, 2.45) is 11.8 Å². The van der Waals surface area contributed by atoms with E-state index in [0.717, 1.165) is 0 Å². The van der Waals surface area contributed by atoms with E-state index in [4.69, 9.17) is 9.63 Å². The van der Waals surface area contributed by atoms with Crippen LogP contribution in [0.5, 0.6) is 0 Å². The molecule has 0 spiro atoms. The zero-order valence-electron chi connectivity index (χ0n) is 11.6. The van der Waals surface area contributed by atoms with Crippen LogP contribution in [-0.2, 0) is 9.59 Å². The van der Waals surface area contributed by atoms with Crippen LogP contribution in [0.3, 0.4) is 0 Å². The first kappa shape index (κ1) is 14.5. The van der Waals surface area contributed by atoms with Crippen LogP contribution in [0.1, 0.15) is 19.1 Å². The van der Waals surface area contributed by atoms with Gasteiger partial charge < -0.3 is 19.8 Å². The van der Waals surface area contributed by atoms with E-state index < -0.39 is 5.97 Å². The van der Waals surface area contributed by atoms with Crippen molar-refractivity contribution >= 4 is 17.7 Å². The van der Waals surface area contributed by atoms with E-state index >= 15 is 0 Å². The van der Waals surface area contributed by atoms with E-state index in [1.165, 1.54) is 0 Å². The average molecular weight is 281 g/mol. The number of rotatable bonds is 5. The lowest BCUT2D eigenvalue weighted by atomic mass is 9.99. The molecule has 0 radical (unpaired) electrons. The zero-order valence-corrected chi connectivity index (χ0v) is 11.6. The van der Waals surface area contributed by atoms with Crippen molar-refractivity contribution in [3.05, 3.63) is 11.8 Å². The molecular formula is C13H19N3O4. The first-order valence-electron chi connectivity index (χ1n) is 6.64. The highest BCUT2D eigenvalue weighted by Gasteiger charge is 2.34. The molecule has 1 amide bonds. The van der Waals surface area contributed by atoms with Gasteiger partial charge in [-0.05, 0) is 12.8 Å². The van der Waals surface area contributed by atoms with Gasteiger partial charge in [-0.2, -0.15) is 0 Å². The third-order valence-electron chi connectivity index (χ3n) is 3.56. The Hall–Kier alpha value is -1.89. The second-order valence-electron chi connectivity index (χ2n) is 5.30. The molecule has 2 unspecified atom stereocenters.